The normalized spacial score (nSPS) is 17.8. The van der Waals surface area contributed by atoms with Gasteiger partial charge in [0.05, 0.1) is 10.3 Å². The van der Waals surface area contributed by atoms with E-state index >= 15 is 0 Å². The minimum Gasteiger partial charge on any atom is -0.258 e. The summed E-state index contributed by atoms with van der Waals surface area (Å²) in [5.41, 5.74) is 3.40. The van der Waals surface area contributed by atoms with Crippen molar-refractivity contribution in [2.24, 2.45) is 11.3 Å². The number of rotatable bonds is 3. The summed E-state index contributed by atoms with van der Waals surface area (Å²) < 4.78 is 3.38. The molecule has 0 bridgehead atoms. The van der Waals surface area contributed by atoms with Gasteiger partial charge < -0.3 is 0 Å². The van der Waals surface area contributed by atoms with Crippen molar-refractivity contribution >= 4 is 32.9 Å². The van der Waals surface area contributed by atoms with Crippen molar-refractivity contribution in [1.29, 1.82) is 0 Å². The van der Waals surface area contributed by atoms with E-state index in [-0.39, 0.29) is 22.1 Å². The zero-order chi connectivity index (χ0) is 22.9. The second-order valence-corrected chi connectivity index (χ2v) is 11.0. The number of nitro groups is 1. The Labute approximate surface area is 189 Å². The first-order valence-electron chi connectivity index (χ1n) is 10.9. The molecule has 0 aliphatic heterocycles. The molecule has 0 aromatic carbocycles. The number of thiophene rings is 1. The van der Waals surface area contributed by atoms with Crippen LogP contribution < -0.4 is 0 Å². The third kappa shape index (κ3) is 3.11. The first-order valence-corrected chi connectivity index (χ1v) is 11.7. The van der Waals surface area contributed by atoms with Crippen LogP contribution in [0.3, 0.4) is 0 Å². The number of aryl methyl sites for hydroxylation is 2. The van der Waals surface area contributed by atoms with Crippen LogP contribution in [-0.2, 0) is 12.8 Å². The highest BCUT2D eigenvalue weighted by molar-refractivity contribution is 7.19. The van der Waals surface area contributed by atoms with Crippen molar-refractivity contribution in [3.05, 3.63) is 44.1 Å². The van der Waals surface area contributed by atoms with E-state index in [1.807, 2.05) is 6.92 Å². The molecule has 10 heteroatoms. The Kier molecular flexibility index (Phi) is 4.63. The molecule has 0 spiro atoms. The lowest BCUT2D eigenvalue weighted by atomic mass is 9.72. The van der Waals surface area contributed by atoms with Crippen molar-refractivity contribution in [1.82, 2.24) is 29.4 Å². The lowest BCUT2D eigenvalue weighted by molar-refractivity contribution is -0.386. The van der Waals surface area contributed by atoms with E-state index in [1.165, 1.54) is 10.4 Å². The van der Waals surface area contributed by atoms with Crippen molar-refractivity contribution in [2.75, 3.05) is 0 Å². The lowest BCUT2D eigenvalue weighted by Gasteiger charge is -2.33. The quantitative estimate of drug-likeness (QED) is 0.325. The Morgan fingerprint density at radius 3 is 2.69 bits per heavy atom. The Balaban J connectivity index is 1.60. The van der Waals surface area contributed by atoms with E-state index in [2.05, 4.69) is 36.0 Å². The van der Waals surface area contributed by atoms with E-state index < -0.39 is 0 Å². The molecule has 9 nitrogen and oxygen atoms in total. The van der Waals surface area contributed by atoms with Gasteiger partial charge in [-0.2, -0.15) is 5.10 Å². The van der Waals surface area contributed by atoms with Crippen LogP contribution >= 0.6 is 11.3 Å². The molecule has 2 atom stereocenters. The topological polar surface area (TPSA) is 104 Å². The number of aromatic nitrogens is 6. The maximum Gasteiger partial charge on any atom is 0.312 e. The number of hydrogen-bond acceptors (Lipinski definition) is 7. The average molecular weight is 454 g/mol. The molecule has 4 aromatic rings. The Bertz CT molecular complexity index is 1370. The van der Waals surface area contributed by atoms with Gasteiger partial charge in [-0.05, 0) is 56.9 Å². The summed E-state index contributed by atoms with van der Waals surface area (Å²) in [4.78, 5) is 23.0. The summed E-state index contributed by atoms with van der Waals surface area (Å²) in [6.07, 6.45) is 4.99. The van der Waals surface area contributed by atoms with E-state index in [0.717, 1.165) is 35.1 Å². The van der Waals surface area contributed by atoms with Gasteiger partial charge in [-0.25, -0.2) is 14.5 Å². The predicted molar refractivity (Wildman–Crippen MR) is 123 cm³/mol. The van der Waals surface area contributed by atoms with Gasteiger partial charge in [0.15, 0.2) is 11.5 Å². The third-order valence-corrected chi connectivity index (χ3v) is 8.00. The van der Waals surface area contributed by atoms with Crippen LogP contribution in [0.1, 0.15) is 67.8 Å². The van der Waals surface area contributed by atoms with Crippen molar-refractivity contribution in [3.63, 3.8) is 0 Å². The van der Waals surface area contributed by atoms with Crippen molar-refractivity contribution in [2.45, 2.75) is 66.8 Å². The Hall–Kier alpha value is -2.88. The summed E-state index contributed by atoms with van der Waals surface area (Å²) >= 11 is 1.77. The van der Waals surface area contributed by atoms with Crippen LogP contribution in [-0.4, -0.2) is 34.3 Å². The molecule has 0 fully saturated rings. The average Bonchev–Trinajstić information content (AvgIpc) is 3.38. The molecule has 4 heterocycles. The smallest absolute Gasteiger partial charge is 0.258 e. The summed E-state index contributed by atoms with van der Waals surface area (Å²) in [6.45, 7) is 12.2. The molecule has 0 amide bonds. The molecular weight excluding hydrogens is 426 g/mol. The third-order valence-electron chi connectivity index (χ3n) is 6.84. The second kappa shape index (κ2) is 7.06. The number of fused-ring (bicyclic) bond motifs is 5. The van der Waals surface area contributed by atoms with Crippen LogP contribution in [0, 0.1) is 35.3 Å². The predicted octanol–water partition coefficient (Wildman–Crippen LogP) is 4.82. The molecular formula is C22H27N7O2S. The Morgan fingerprint density at radius 1 is 1.28 bits per heavy atom. The molecule has 0 saturated carbocycles. The van der Waals surface area contributed by atoms with Gasteiger partial charge >= 0.3 is 5.69 Å². The SMILES string of the molecule is Cc1nn(C(C)c2nc3c4c5c(sc4ncn3n2)CC(C(C)(C)C)CC5)c(C)c1[N+](=O)[O-]. The van der Waals surface area contributed by atoms with E-state index in [0.29, 0.717) is 23.1 Å². The van der Waals surface area contributed by atoms with Gasteiger partial charge in [0.1, 0.15) is 28.6 Å². The molecule has 1 aliphatic carbocycles. The molecule has 32 heavy (non-hydrogen) atoms. The summed E-state index contributed by atoms with van der Waals surface area (Å²) in [5.74, 6) is 1.23. The molecule has 0 radical (unpaired) electrons. The van der Waals surface area contributed by atoms with Gasteiger partial charge in [0, 0.05) is 4.88 Å². The van der Waals surface area contributed by atoms with Crippen LogP contribution in [0.5, 0.6) is 0 Å². The fraction of sp³-hybridized carbons (Fsp3) is 0.545. The molecule has 4 aromatic heterocycles. The fourth-order valence-electron chi connectivity index (χ4n) is 4.91. The Morgan fingerprint density at radius 2 is 2.03 bits per heavy atom. The largest absolute Gasteiger partial charge is 0.312 e. The second-order valence-electron chi connectivity index (χ2n) is 9.87. The standard InChI is InChI=1S/C22H27N7O2S/c1-11-18(29(30)31)12(2)28(25-11)13(3)19-24-20-17-15-8-7-14(22(4,5)6)9-16(15)32-21(17)23-10-27(20)26-19/h10,13-14H,7-9H2,1-6H3. The van der Waals surface area contributed by atoms with E-state index in [9.17, 15) is 10.1 Å². The molecule has 1 aliphatic rings. The monoisotopic (exact) mass is 453 g/mol. The summed E-state index contributed by atoms with van der Waals surface area (Å²) in [5, 5.41) is 21.6. The minimum absolute atomic E-state index is 0.0463. The van der Waals surface area contributed by atoms with Gasteiger partial charge in [0.25, 0.3) is 0 Å². The van der Waals surface area contributed by atoms with Gasteiger partial charge in [-0.3, -0.25) is 14.8 Å². The van der Waals surface area contributed by atoms with E-state index in [1.54, 1.807) is 40.7 Å². The zero-order valence-corrected chi connectivity index (χ0v) is 20.0. The molecule has 5 rings (SSSR count). The van der Waals surface area contributed by atoms with E-state index in [4.69, 9.17) is 4.98 Å². The van der Waals surface area contributed by atoms with Gasteiger partial charge in [-0.15, -0.1) is 16.4 Å². The number of hydrogen-bond donors (Lipinski definition) is 0. The maximum atomic E-state index is 11.4. The van der Waals surface area contributed by atoms with Crippen molar-refractivity contribution < 1.29 is 4.92 Å². The summed E-state index contributed by atoms with van der Waals surface area (Å²) in [7, 11) is 0. The van der Waals surface area contributed by atoms with Crippen LogP contribution in [0.15, 0.2) is 6.33 Å². The van der Waals surface area contributed by atoms with Gasteiger partial charge in [0.2, 0.25) is 0 Å². The minimum atomic E-state index is -0.381. The molecule has 2 unspecified atom stereocenters. The first kappa shape index (κ1) is 21.0. The summed E-state index contributed by atoms with van der Waals surface area (Å²) in [6, 6.07) is -0.336. The highest BCUT2D eigenvalue weighted by Gasteiger charge is 2.32. The van der Waals surface area contributed by atoms with Crippen LogP contribution in [0.4, 0.5) is 5.69 Å². The van der Waals surface area contributed by atoms with Crippen LogP contribution in [0.2, 0.25) is 0 Å². The lowest BCUT2D eigenvalue weighted by Crippen LogP contribution is -2.26. The first-order chi connectivity index (χ1) is 15.1. The van der Waals surface area contributed by atoms with Gasteiger partial charge in [-0.1, -0.05) is 20.8 Å². The highest BCUT2D eigenvalue weighted by atomic mass is 32.1. The molecule has 0 saturated heterocycles. The number of nitrogens with zero attached hydrogens (tertiary/aromatic N) is 7. The molecule has 0 N–H and O–H groups in total. The fourth-order valence-corrected chi connectivity index (χ4v) is 6.17. The molecule has 168 valence electrons. The highest BCUT2D eigenvalue weighted by Crippen LogP contribution is 2.43. The maximum absolute atomic E-state index is 11.4. The van der Waals surface area contributed by atoms with Crippen molar-refractivity contribution in [3.8, 4) is 0 Å². The van der Waals surface area contributed by atoms with Crippen LogP contribution in [0.25, 0.3) is 15.9 Å². The zero-order valence-electron chi connectivity index (χ0n) is 19.2.